The van der Waals surface area contributed by atoms with Gasteiger partial charge in [-0.05, 0) is 42.8 Å². The molecular formula is C17H18Cl2FN3. The van der Waals surface area contributed by atoms with Gasteiger partial charge in [-0.3, -0.25) is 4.98 Å². The van der Waals surface area contributed by atoms with Gasteiger partial charge in [-0.2, -0.15) is 0 Å². The number of nitrogens with zero attached hydrogens (tertiary/aromatic N) is 3. The molecule has 0 amide bonds. The molecule has 122 valence electrons. The Morgan fingerprint density at radius 1 is 1.04 bits per heavy atom. The number of pyridine rings is 1. The Kier molecular flexibility index (Phi) is 6.73. The fraction of sp³-hybridized carbons (Fsp3) is 0.176. The molecule has 0 aliphatic carbocycles. The zero-order valence-corrected chi connectivity index (χ0v) is 14.5. The van der Waals surface area contributed by atoms with Gasteiger partial charge in [0.1, 0.15) is 11.6 Å². The molecule has 2 aromatic heterocycles. The van der Waals surface area contributed by atoms with Gasteiger partial charge in [0.05, 0.1) is 11.4 Å². The number of benzene rings is 1. The highest BCUT2D eigenvalue weighted by atomic mass is 35.5. The summed E-state index contributed by atoms with van der Waals surface area (Å²) in [6, 6.07) is 10.4. The van der Waals surface area contributed by atoms with Crippen LogP contribution in [0.2, 0.25) is 0 Å². The zero-order valence-electron chi connectivity index (χ0n) is 12.9. The number of hydrogen-bond acceptors (Lipinski definition) is 2. The summed E-state index contributed by atoms with van der Waals surface area (Å²) in [5.74, 6) is 0.599. The number of aryl methyl sites for hydroxylation is 1. The van der Waals surface area contributed by atoms with E-state index in [4.69, 9.17) is 4.98 Å². The second-order valence-electron chi connectivity index (χ2n) is 4.89. The first kappa shape index (κ1) is 19.1. The summed E-state index contributed by atoms with van der Waals surface area (Å²) in [4.78, 5) is 8.90. The van der Waals surface area contributed by atoms with E-state index in [0.717, 1.165) is 34.8 Å². The minimum Gasteiger partial charge on any atom is -0.327 e. The van der Waals surface area contributed by atoms with Crippen LogP contribution in [-0.4, -0.2) is 14.5 Å². The Labute approximate surface area is 147 Å². The lowest BCUT2D eigenvalue weighted by Gasteiger charge is -2.07. The van der Waals surface area contributed by atoms with Gasteiger partial charge in [0, 0.05) is 30.6 Å². The third-order valence-electron chi connectivity index (χ3n) is 3.54. The quantitative estimate of drug-likeness (QED) is 0.683. The van der Waals surface area contributed by atoms with E-state index in [2.05, 4.69) is 11.9 Å². The molecule has 0 fully saturated rings. The number of imidazole rings is 1. The van der Waals surface area contributed by atoms with Crippen LogP contribution in [0.25, 0.3) is 22.6 Å². The Bertz CT molecular complexity index is 756. The third-order valence-corrected chi connectivity index (χ3v) is 3.54. The predicted molar refractivity (Wildman–Crippen MR) is 95.7 cm³/mol. The van der Waals surface area contributed by atoms with E-state index in [0.29, 0.717) is 0 Å². The molecule has 2 heterocycles. The van der Waals surface area contributed by atoms with Crippen molar-refractivity contribution in [2.45, 2.75) is 13.3 Å². The van der Waals surface area contributed by atoms with E-state index in [9.17, 15) is 4.39 Å². The van der Waals surface area contributed by atoms with Gasteiger partial charge in [0.25, 0.3) is 0 Å². The topological polar surface area (TPSA) is 30.7 Å². The molecule has 3 nitrogen and oxygen atoms in total. The molecule has 0 atom stereocenters. The van der Waals surface area contributed by atoms with Gasteiger partial charge < -0.3 is 4.57 Å². The SMILES string of the molecule is CCc1nc(-c2ccc(F)cc2)n(C)c1-c1cccnc1.Cl.Cl. The molecule has 0 bridgehead atoms. The average molecular weight is 354 g/mol. The Balaban J connectivity index is 0.00000132. The summed E-state index contributed by atoms with van der Waals surface area (Å²) in [6.07, 6.45) is 4.43. The molecule has 0 radical (unpaired) electrons. The summed E-state index contributed by atoms with van der Waals surface area (Å²) in [5, 5.41) is 0. The molecule has 1 aromatic carbocycles. The van der Waals surface area contributed by atoms with Crippen LogP contribution in [0.3, 0.4) is 0 Å². The standard InChI is InChI=1S/C17H16FN3.2ClH/c1-3-15-16(13-5-4-10-19-11-13)21(2)17(20-15)12-6-8-14(18)9-7-12;;/h4-11H,3H2,1-2H3;2*1H. The first-order valence-electron chi connectivity index (χ1n) is 6.92. The Morgan fingerprint density at radius 3 is 2.30 bits per heavy atom. The molecule has 0 aliphatic heterocycles. The largest absolute Gasteiger partial charge is 0.327 e. The summed E-state index contributed by atoms with van der Waals surface area (Å²) >= 11 is 0. The summed E-state index contributed by atoms with van der Waals surface area (Å²) in [5.41, 5.74) is 4.02. The van der Waals surface area contributed by atoms with Crippen molar-refractivity contribution in [3.05, 3.63) is 60.3 Å². The van der Waals surface area contributed by atoms with Gasteiger partial charge in [-0.25, -0.2) is 9.37 Å². The first-order chi connectivity index (χ1) is 10.2. The van der Waals surface area contributed by atoms with Crippen molar-refractivity contribution in [2.24, 2.45) is 7.05 Å². The molecule has 0 spiro atoms. The summed E-state index contributed by atoms with van der Waals surface area (Å²) in [6.45, 7) is 2.08. The maximum Gasteiger partial charge on any atom is 0.140 e. The maximum absolute atomic E-state index is 13.1. The van der Waals surface area contributed by atoms with Gasteiger partial charge in [0.2, 0.25) is 0 Å². The number of halogens is 3. The van der Waals surface area contributed by atoms with Crippen LogP contribution in [0.15, 0.2) is 48.8 Å². The highest BCUT2D eigenvalue weighted by molar-refractivity contribution is 5.85. The van der Waals surface area contributed by atoms with E-state index in [-0.39, 0.29) is 30.6 Å². The predicted octanol–water partition coefficient (Wildman–Crippen LogP) is 4.69. The van der Waals surface area contributed by atoms with Crippen LogP contribution in [0.5, 0.6) is 0 Å². The molecule has 0 aliphatic rings. The number of aromatic nitrogens is 3. The average Bonchev–Trinajstić information content (AvgIpc) is 2.86. The van der Waals surface area contributed by atoms with Crippen molar-refractivity contribution in [3.8, 4) is 22.6 Å². The molecule has 0 saturated carbocycles. The molecule has 0 N–H and O–H groups in total. The van der Waals surface area contributed by atoms with E-state index >= 15 is 0 Å². The lowest BCUT2D eigenvalue weighted by molar-refractivity contribution is 0.628. The van der Waals surface area contributed by atoms with Gasteiger partial charge >= 0.3 is 0 Å². The fourth-order valence-electron chi connectivity index (χ4n) is 2.52. The fourth-order valence-corrected chi connectivity index (χ4v) is 2.52. The minimum absolute atomic E-state index is 0. The number of rotatable bonds is 3. The molecule has 6 heteroatoms. The van der Waals surface area contributed by atoms with Crippen LogP contribution < -0.4 is 0 Å². The smallest absolute Gasteiger partial charge is 0.140 e. The monoisotopic (exact) mass is 353 g/mol. The molecule has 0 saturated heterocycles. The van der Waals surface area contributed by atoms with Crippen molar-refractivity contribution in [1.82, 2.24) is 14.5 Å². The summed E-state index contributed by atoms with van der Waals surface area (Å²) < 4.78 is 15.1. The van der Waals surface area contributed by atoms with Gasteiger partial charge in [0.15, 0.2) is 0 Å². The van der Waals surface area contributed by atoms with E-state index in [1.165, 1.54) is 12.1 Å². The molecular weight excluding hydrogens is 336 g/mol. The van der Waals surface area contributed by atoms with Crippen LogP contribution in [0.4, 0.5) is 4.39 Å². The second-order valence-corrected chi connectivity index (χ2v) is 4.89. The maximum atomic E-state index is 13.1. The molecule has 0 unspecified atom stereocenters. The van der Waals surface area contributed by atoms with Crippen LogP contribution in [0.1, 0.15) is 12.6 Å². The normalized spacial score (nSPS) is 9.87. The Hall–Kier alpha value is -1.91. The zero-order chi connectivity index (χ0) is 14.8. The van der Waals surface area contributed by atoms with Gasteiger partial charge in [-0.15, -0.1) is 24.8 Å². The van der Waals surface area contributed by atoms with Crippen molar-refractivity contribution < 1.29 is 4.39 Å². The van der Waals surface area contributed by atoms with E-state index in [1.54, 1.807) is 18.3 Å². The molecule has 23 heavy (non-hydrogen) atoms. The molecule has 3 aromatic rings. The highest BCUT2D eigenvalue weighted by Gasteiger charge is 2.16. The molecule has 3 rings (SSSR count). The van der Waals surface area contributed by atoms with E-state index < -0.39 is 0 Å². The second kappa shape index (κ2) is 8.09. The van der Waals surface area contributed by atoms with E-state index in [1.807, 2.05) is 29.9 Å². The van der Waals surface area contributed by atoms with Crippen LogP contribution in [0, 0.1) is 5.82 Å². The van der Waals surface area contributed by atoms with Crippen LogP contribution in [-0.2, 0) is 13.5 Å². The first-order valence-corrected chi connectivity index (χ1v) is 6.92. The lowest BCUT2D eigenvalue weighted by Crippen LogP contribution is -1.96. The summed E-state index contributed by atoms with van der Waals surface area (Å²) in [7, 11) is 1.98. The highest BCUT2D eigenvalue weighted by Crippen LogP contribution is 2.29. The van der Waals surface area contributed by atoms with Crippen molar-refractivity contribution in [2.75, 3.05) is 0 Å². The van der Waals surface area contributed by atoms with Crippen molar-refractivity contribution in [3.63, 3.8) is 0 Å². The lowest BCUT2D eigenvalue weighted by atomic mass is 10.1. The van der Waals surface area contributed by atoms with Crippen molar-refractivity contribution in [1.29, 1.82) is 0 Å². The minimum atomic E-state index is -0.240. The third kappa shape index (κ3) is 3.71. The van der Waals surface area contributed by atoms with Crippen molar-refractivity contribution >= 4 is 24.8 Å². The Morgan fingerprint density at radius 2 is 1.74 bits per heavy atom. The van der Waals surface area contributed by atoms with Crippen LogP contribution >= 0.6 is 24.8 Å². The number of hydrogen-bond donors (Lipinski definition) is 0. The van der Waals surface area contributed by atoms with Gasteiger partial charge in [-0.1, -0.05) is 6.92 Å².